The van der Waals surface area contributed by atoms with Crippen LogP contribution in [0.1, 0.15) is 83.7 Å². The Morgan fingerprint density at radius 3 is 1.87 bits per heavy atom. The van der Waals surface area contributed by atoms with E-state index in [4.69, 9.17) is 9.47 Å². The van der Waals surface area contributed by atoms with Crippen LogP contribution in [0.15, 0.2) is 48.5 Å². The summed E-state index contributed by atoms with van der Waals surface area (Å²) in [6.45, 7) is 5.26. The fraction of sp³-hybridized carbons (Fsp3) is 0.576. The van der Waals surface area contributed by atoms with Crippen LogP contribution in [0.25, 0.3) is 0 Å². The summed E-state index contributed by atoms with van der Waals surface area (Å²) in [4.78, 5) is 26.6. The lowest BCUT2D eigenvalue weighted by molar-refractivity contribution is -0.0891. The monoisotopic (exact) mass is 515 g/mol. The van der Waals surface area contributed by atoms with Gasteiger partial charge in [0.2, 0.25) is 0 Å². The van der Waals surface area contributed by atoms with Crippen molar-refractivity contribution in [3.63, 3.8) is 0 Å². The van der Waals surface area contributed by atoms with Gasteiger partial charge in [-0.05, 0) is 117 Å². The van der Waals surface area contributed by atoms with Gasteiger partial charge in [-0.1, -0.05) is 38.1 Å². The van der Waals surface area contributed by atoms with Gasteiger partial charge in [-0.3, -0.25) is 0 Å². The van der Waals surface area contributed by atoms with Crippen molar-refractivity contribution >= 4 is 11.9 Å². The van der Waals surface area contributed by atoms with Crippen molar-refractivity contribution in [1.82, 2.24) is 5.32 Å². The maximum atomic E-state index is 13.3. The molecule has 9 atom stereocenters. The quantitative estimate of drug-likeness (QED) is 0.327. The van der Waals surface area contributed by atoms with E-state index in [-0.39, 0.29) is 24.1 Å². The second-order valence-electron chi connectivity index (χ2n) is 12.3. The Labute approximate surface area is 226 Å². The molecule has 1 N–H and O–H groups in total. The van der Waals surface area contributed by atoms with Crippen molar-refractivity contribution in [3.05, 3.63) is 70.8 Å². The van der Waals surface area contributed by atoms with Crippen LogP contribution < -0.4 is 5.32 Å². The number of benzene rings is 2. The molecular weight excluding hydrogens is 474 g/mol. The van der Waals surface area contributed by atoms with Gasteiger partial charge < -0.3 is 14.8 Å². The molecule has 0 radical (unpaired) electrons. The van der Waals surface area contributed by atoms with E-state index in [0.717, 1.165) is 37.6 Å². The summed E-state index contributed by atoms with van der Waals surface area (Å²) in [5.74, 6) is 3.18. The lowest BCUT2D eigenvalue weighted by Crippen LogP contribution is -2.48. The van der Waals surface area contributed by atoms with Gasteiger partial charge in [-0.2, -0.15) is 0 Å². The number of hydrogen-bond donors (Lipinski definition) is 1. The highest BCUT2D eigenvalue weighted by atomic mass is 16.6. The Bertz CT molecular complexity index is 1160. The Kier molecular flexibility index (Phi) is 7.07. The van der Waals surface area contributed by atoms with E-state index in [2.05, 4.69) is 19.2 Å². The zero-order valence-electron chi connectivity index (χ0n) is 22.9. The van der Waals surface area contributed by atoms with E-state index in [1.165, 1.54) is 30.4 Å². The van der Waals surface area contributed by atoms with Crippen LogP contribution in [0.4, 0.5) is 0 Å². The average Bonchev–Trinajstić information content (AvgIpc) is 3.73. The summed E-state index contributed by atoms with van der Waals surface area (Å²) < 4.78 is 12.5. The number of rotatable bonds is 9. The summed E-state index contributed by atoms with van der Waals surface area (Å²) in [6, 6.07) is 15.6. The number of hydrogen-bond acceptors (Lipinski definition) is 5. The first-order valence-electron chi connectivity index (χ1n) is 14.7. The zero-order chi connectivity index (χ0) is 26.4. The van der Waals surface area contributed by atoms with Gasteiger partial charge in [0.25, 0.3) is 0 Å². The molecule has 4 saturated carbocycles. The van der Waals surface area contributed by atoms with Gasteiger partial charge in [0, 0.05) is 11.8 Å². The number of nitrogens with one attached hydrogen (secondary N) is 1. The summed E-state index contributed by atoms with van der Waals surface area (Å²) in [5, 5.41) is 3.16. The molecule has 6 rings (SSSR count). The molecule has 4 aliphatic rings. The number of carbonyl (C=O) groups excluding carboxylic acids is 2. The highest BCUT2D eigenvalue weighted by molar-refractivity contribution is 5.90. The van der Waals surface area contributed by atoms with Crippen LogP contribution in [0.3, 0.4) is 0 Å². The summed E-state index contributed by atoms with van der Waals surface area (Å²) in [6.07, 6.45) is 6.17. The molecule has 0 amide bonds. The van der Waals surface area contributed by atoms with Crippen molar-refractivity contribution in [2.24, 2.45) is 35.5 Å². The van der Waals surface area contributed by atoms with Gasteiger partial charge in [0.15, 0.2) is 0 Å². The van der Waals surface area contributed by atoms with Crippen LogP contribution in [0, 0.1) is 35.5 Å². The van der Waals surface area contributed by atoms with Gasteiger partial charge in [-0.25, -0.2) is 9.59 Å². The maximum Gasteiger partial charge on any atom is 0.338 e. The molecule has 38 heavy (non-hydrogen) atoms. The van der Waals surface area contributed by atoms with E-state index in [1.807, 2.05) is 55.6 Å². The van der Waals surface area contributed by atoms with Gasteiger partial charge in [0.05, 0.1) is 11.1 Å². The van der Waals surface area contributed by atoms with Crippen LogP contribution >= 0.6 is 0 Å². The third-order valence-electron chi connectivity index (χ3n) is 10.4. The molecule has 4 aliphatic carbocycles. The van der Waals surface area contributed by atoms with Crippen molar-refractivity contribution in [2.75, 3.05) is 13.6 Å². The molecule has 2 aromatic rings. The summed E-state index contributed by atoms with van der Waals surface area (Å²) >= 11 is 0. The van der Waals surface area contributed by atoms with E-state index < -0.39 is 0 Å². The number of esters is 2. The minimum atomic E-state index is -0.361. The first-order valence-corrected chi connectivity index (χ1v) is 14.7. The topological polar surface area (TPSA) is 64.6 Å². The minimum absolute atomic E-state index is 0.296. The summed E-state index contributed by atoms with van der Waals surface area (Å²) in [7, 11) is 1.94. The molecule has 0 spiro atoms. The minimum Gasteiger partial charge on any atom is -0.455 e. The number of likely N-dealkylation sites (N-methyl/N-ethyl adjacent to an activating group) is 1. The highest BCUT2D eigenvalue weighted by Gasteiger charge is 2.68. The second-order valence-corrected chi connectivity index (χ2v) is 12.3. The number of carbonyl (C=O) groups is 2. The number of ether oxygens (including phenoxy) is 2. The van der Waals surface area contributed by atoms with Gasteiger partial charge in [0.1, 0.15) is 12.2 Å². The molecule has 0 aliphatic heterocycles. The summed E-state index contributed by atoms with van der Waals surface area (Å²) in [5.41, 5.74) is 3.56. The van der Waals surface area contributed by atoms with Crippen molar-refractivity contribution in [3.8, 4) is 0 Å². The first kappa shape index (κ1) is 25.6. The Morgan fingerprint density at radius 2 is 1.37 bits per heavy atom. The molecule has 2 aromatic carbocycles. The molecule has 0 heterocycles. The molecule has 5 heteroatoms. The Balaban J connectivity index is 1.20. The van der Waals surface area contributed by atoms with Crippen molar-refractivity contribution in [2.45, 2.75) is 70.5 Å². The molecule has 4 fully saturated rings. The maximum absolute atomic E-state index is 13.3. The van der Waals surface area contributed by atoms with E-state index in [9.17, 15) is 9.59 Å². The zero-order valence-corrected chi connectivity index (χ0v) is 22.9. The SMILES string of the molecule is CC[C@@H](C)c1ccc(C(=O)OC2C3CC(C2OC(=O)c2ccc(CCNC)cc2)C2C4CCC(C4)C32)cc1. The van der Waals surface area contributed by atoms with E-state index >= 15 is 0 Å². The fourth-order valence-electron chi connectivity index (χ4n) is 8.43. The second kappa shape index (κ2) is 10.5. The van der Waals surface area contributed by atoms with Crippen LogP contribution in [0.2, 0.25) is 0 Å². The van der Waals surface area contributed by atoms with Crippen molar-refractivity contribution < 1.29 is 19.1 Å². The predicted octanol–water partition coefficient (Wildman–Crippen LogP) is 6.03. The third-order valence-corrected chi connectivity index (χ3v) is 10.4. The Morgan fingerprint density at radius 1 is 0.842 bits per heavy atom. The molecular formula is C33H41NO4. The number of fused-ring (bicyclic) bond motifs is 9. The highest BCUT2D eigenvalue weighted by Crippen LogP contribution is 2.68. The molecule has 5 nitrogen and oxygen atoms in total. The van der Waals surface area contributed by atoms with Gasteiger partial charge in [-0.15, -0.1) is 0 Å². The molecule has 0 saturated heterocycles. The van der Waals surface area contributed by atoms with E-state index in [1.54, 1.807) is 0 Å². The molecule has 8 unspecified atom stereocenters. The fourth-order valence-corrected chi connectivity index (χ4v) is 8.43. The lowest BCUT2D eigenvalue weighted by Gasteiger charge is -2.42. The lowest BCUT2D eigenvalue weighted by atomic mass is 9.69. The van der Waals surface area contributed by atoms with Crippen LogP contribution in [-0.2, 0) is 15.9 Å². The normalized spacial score (nSPS) is 33.2. The van der Waals surface area contributed by atoms with Crippen LogP contribution in [-0.4, -0.2) is 37.7 Å². The van der Waals surface area contributed by atoms with Crippen LogP contribution in [0.5, 0.6) is 0 Å². The van der Waals surface area contributed by atoms with E-state index in [0.29, 0.717) is 40.7 Å². The molecule has 202 valence electrons. The standard InChI is InChI=1S/C33H41NO4/c1-4-19(2)21-9-11-23(12-10-21)33(36)38-31-27-18-26(28-24-13-14-25(17-24)29(27)28)30(31)37-32(35)22-7-5-20(6-8-22)15-16-34-3/h5-12,19,24-31,34H,4,13-18H2,1-3H3/t19-,24?,25?,26?,27?,28?,29?,30?,31?/m1/s1. The Hall–Kier alpha value is -2.66. The smallest absolute Gasteiger partial charge is 0.338 e. The molecule has 4 bridgehead atoms. The van der Waals surface area contributed by atoms with Crippen molar-refractivity contribution in [1.29, 1.82) is 0 Å². The molecule has 0 aromatic heterocycles. The predicted molar refractivity (Wildman–Crippen MR) is 147 cm³/mol. The average molecular weight is 516 g/mol. The third kappa shape index (κ3) is 4.47. The largest absolute Gasteiger partial charge is 0.455 e. The van der Waals surface area contributed by atoms with Gasteiger partial charge >= 0.3 is 11.9 Å². The first-order chi connectivity index (χ1) is 18.5.